The van der Waals surface area contributed by atoms with Gasteiger partial charge in [0.2, 0.25) is 11.7 Å². The number of fused-ring (bicyclic) bond motifs is 2. The van der Waals surface area contributed by atoms with Gasteiger partial charge in [0, 0.05) is 17.5 Å². The summed E-state index contributed by atoms with van der Waals surface area (Å²) in [5.41, 5.74) is 12.9. The van der Waals surface area contributed by atoms with Crippen molar-refractivity contribution in [2.75, 3.05) is 0 Å². The van der Waals surface area contributed by atoms with Crippen molar-refractivity contribution in [3.05, 3.63) is 65.1 Å². The smallest absolute Gasteiger partial charge is 0.379 e. The largest absolute Gasteiger partial charge is 0.453 e. The van der Waals surface area contributed by atoms with E-state index in [1.807, 2.05) is 43.3 Å². The molecule has 1 aliphatic carbocycles. The Hall–Kier alpha value is -3.61. The predicted molar refractivity (Wildman–Crippen MR) is 108 cm³/mol. The molecular formula is C21H20N4O3. The second-order valence-corrected chi connectivity index (χ2v) is 6.68. The summed E-state index contributed by atoms with van der Waals surface area (Å²) in [6, 6.07) is 13.4. The molecule has 0 radical (unpaired) electrons. The number of hydrogen-bond acceptors (Lipinski definition) is 5. The summed E-state index contributed by atoms with van der Waals surface area (Å²) in [7, 11) is 0. The van der Waals surface area contributed by atoms with Gasteiger partial charge < -0.3 is 20.6 Å². The van der Waals surface area contributed by atoms with Gasteiger partial charge in [0.05, 0.1) is 5.71 Å². The van der Waals surface area contributed by atoms with Gasteiger partial charge in [-0.3, -0.25) is 0 Å². The van der Waals surface area contributed by atoms with Gasteiger partial charge in [-0.15, -0.1) is 5.10 Å². The SMILES string of the molecule is Cc1c(C(=O)Oc2ccc3ccccc3c2)oc2c1/C(=N/N=C(N)N)CCC2. The molecule has 142 valence electrons. The zero-order valence-corrected chi connectivity index (χ0v) is 15.4. The number of rotatable bonds is 3. The molecule has 1 aliphatic rings. The van der Waals surface area contributed by atoms with Crippen LogP contribution in [-0.2, 0) is 6.42 Å². The van der Waals surface area contributed by atoms with E-state index in [-0.39, 0.29) is 11.7 Å². The van der Waals surface area contributed by atoms with Crippen LogP contribution in [0.15, 0.2) is 57.1 Å². The van der Waals surface area contributed by atoms with Crippen molar-refractivity contribution in [1.29, 1.82) is 0 Å². The van der Waals surface area contributed by atoms with Gasteiger partial charge in [0.15, 0.2) is 0 Å². The molecule has 2 aromatic carbocycles. The summed E-state index contributed by atoms with van der Waals surface area (Å²) in [6.07, 6.45) is 2.28. The van der Waals surface area contributed by atoms with Crippen LogP contribution < -0.4 is 16.2 Å². The number of carbonyl (C=O) groups excluding carboxylic acids is 1. The second kappa shape index (κ2) is 7.19. The minimum absolute atomic E-state index is 0.114. The number of furan rings is 1. The molecule has 0 spiro atoms. The van der Waals surface area contributed by atoms with Crippen LogP contribution in [0.5, 0.6) is 5.75 Å². The van der Waals surface area contributed by atoms with Crippen molar-refractivity contribution in [3.63, 3.8) is 0 Å². The first-order chi connectivity index (χ1) is 13.5. The van der Waals surface area contributed by atoms with Gasteiger partial charge in [-0.25, -0.2) is 4.79 Å². The molecule has 3 aromatic rings. The number of guanidine groups is 1. The highest BCUT2D eigenvalue weighted by Crippen LogP contribution is 2.31. The summed E-state index contributed by atoms with van der Waals surface area (Å²) in [5, 5.41) is 9.93. The first-order valence-corrected chi connectivity index (χ1v) is 9.02. The molecule has 1 aromatic heterocycles. The van der Waals surface area contributed by atoms with Crippen molar-refractivity contribution < 1.29 is 13.9 Å². The average Bonchev–Trinajstić information content (AvgIpc) is 3.03. The molecule has 28 heavy (non-hydrogen) atoms. The van der Waals surface area contributed by atoms with Gasteiger partial charge in [-0.05, 0) is 42.7 Å². The number of nitrogens with two attached hydrogens (primary N) is 2. The third kappa shape index (κ3) is 3.34. The van der Waals surface area contributed by atoms with E-state index in [1.54, 1.807) is 6.07 Å². The predicted octanol–water partition coefficient (Wildman–Crippen LogP) is 3.27. The van der Waals surface area contributed by atoms with Crippen molar-refractivity contribution in [1.82, 2.24) is 0 Å². The van der Waals surface area contributed by atoms with Crippen LogP contribution in [0.25, 0.3) is 10.8 Å². The molecule has 7 heteroatoms. The van der Waals surface area contributed by atoms with Gasteiger partial charge in [0.25, 0.3) is 0 Å². The number of benzene rings is 2. The standard InChI is InChI=1S/C21H20N4O3/c1-12-18-16(24-25-21(22)23)7-4-8-17(18)28-19(12)20(26)27-15-10-9-13-5-2-3-6-14(13)11-15/h2-3,5-6,9-11H,4,7-8H2,1H3,(H4,22,23,25)/b24-16+. The van der Waals surface area contributed by atoms with E-state index in [9.17, 15) is 4.79 Å². The number of ether oxygens (including phenoxy) is 1. The minimum Gasteiger partial charge on any atom is -0.453 e. The van der Waals surface area contributed by atoms with E-state index in [1.165, 1.54) is 0 Å². The number of carbonyl (C=O) groups is 1. The van der Waals surface area contributed by atoms with Crippen molar-refractivity contribution in [3.8, 4) is 5.75 Å². The van der Waals surface area contributed by atoms with Gasteiger partial charge in [0.1, 0.15) is 11.5 Å². The summed E-state index contributed by atoms with van der Waals surface area (Å²) in [6.45, 7) is 1.82. The molecule has 0 saturated heterocycles. The maximum absolute atomic E-state index is 12.7. The fourth-order valence-electron chi connectivity index (χ4n) is 3.47. The van der Waals surface area contributed by atoms with Crippen molar-refractivity contribution >= 4 is 28.4 Å². The first-order valence-electron chi connectivity index (χ1n) is 9.02. The Kier molecular flexibility index (Phi) is 4.57. The monoisotopic (exact) mass is 376 g/mol. The fraction of sp³-hybridized carbons (Fsp3) is 0.190. The van der Waals surface area contributed by atoms with Gasteiger partial charge in [-0.2, -0.15) is 5.10 Å². The Morgan fingerprint density at radius 3 is 2.68 bits per heavy atom. The molecule has 0 unspecified atom stereocenters. The molecule has 7 nitrogen and oxygen atoms in total. The lowest BCUT2D eigenvalue weighted by Gasteiger charge is -2.11. The normalized spacial score (nSPS) is 14.7. The third-order valence-corrected chi connectivity index (χ3v) is 4.73. The summed E-state index contributed by atoms with van der Waals surface area (Å²) < 4.78 is 11.4. The van der Waals surface area contributed by atoms with Gasteiger partial charge >= 0.3 is 5.97 Å². The maximum atomic E-state index is 12.7. The van der Waals surface area contributed by atoms with E-state index in [0.29, 0.717) is 29.2 Å². The third-order valence-electron chi connectivity index (χ3n) is 4.73. The second-order valence-electron chi connectivity index (χ2n) is 6.68. The van der Waals surface area contributed by atoms with E-state index in [4.69, 9.17) is 20.6 Å². The molecule has 4 rings (SSSR count). The van der Waals surface area contributed by atoms with Crippen molar-refractivity contribution in [2.45, 2.75) is 26.2 Å². The van der Waals surface area contributed by atoms with Crippen LogP contribution in [0.2, 0.25) is 0 Å². The van der Waals surface area contributed by atoms with E-state index in [2.05, 4.69) is 10.2 Å². The maximum Gasteiger partial charge on any atom is 0.379 e. The zero-order chi connectivity index (χ0) is 19.7. The molecule has 0 fully saturated rings. The van der Waals surface area contributed by atoms with E-state index >= 15 is 0 Å². The zero-order valence-electron chi connectivity index (χ0n) is 15.4. The fourth-order valence-corrected chi connectivity index (χ4v) is 3.47. The summed E-state index contributed by atoms with van der Waals surface area (Å²) >= 11 is 0. The van der Waals surface area contributed by atoms with Crippen molar-refractivity contribution in [2.24, 2.45) is 21.7 Å². The van der Waals surface area contributed by atoms with Crippen LogP contribution in [0.1, 0.15) is 40.3 Å². The Labute approximate surface area is 161 Å². The Balaban J connectivity index is 1.65. The molecular weight excluding hydrogens is 356 g/mol. The lowest BCUT2D eigenvalue weighted by molar-refractivity contribution is 0.0698. The Bertz CT molecular complexity index is 1120. The molecule has 0 amide bonds. The number of nitrogens with zero attached hydrogens (tertiary/aromatic N) is 2. The van der Waals surface area contributed by atoms with E-state index in [0.717, 1.165) is 29.2 Å². The highest BCUT2D eigenvalue weighted by atomic mass is 16.5. The van der Waals surface area contributed by atoms with Crippen LogP contribution in [0, 0.1) is 6.92 Å². The Morgan fingerprint density at radius 2 is 1.89 bits per heavy atom. The average molecular weight is 376 g/mol. The molecule has 0 atom stereocenters. The topological polar surface area (TPSA) is 116 Å². The van der Waals surface area contributed by atoms with Crippen LogP contribution in [0.3, 0.4) is 0 Å². The molecule has 0 saturated carbocycles. The summed E-state index contributed by atoms with van der Waals surface area (Å²) in [4.78, 5) is 12.7. The molecule has 4 N–H and O–H groups in total. The number of esters is 1. The number of hydrogen-bond donors (Lipinski definition) is 2. The number of aryl methyl sites for hydroxylation is 1. The van der Waals surface area contributed by atoms with Crippen LogP contribution >= 0.6 is 0 Å². The molecule has 0 bridgehead atoms. The Morgan fingerprint density at radius 1 is 1.11 bits per heavy atom. The van der Waals surface area contributed by atoms with E-state index < -0.39 is 5.97 Å². The first kappa shape index (κ1) is 17.8. The quantitative estimate of drug-likeness (QED) is 0.239. The summed E-state index contributed by atoms with van der Waals surface area (Å²) in [5.74, 6) is 0.697. The van der Waals surface area contributed by atoms with Crippen LogP contribution in [-0.4, -0.2) is 17.6 Å². The minimum atomic E-state index is -0.539. The molecule has 1 heterocycles. The molecule has 0 aliphatic heterocycles. The highest BCUT2D eigenvalue weighted by molar-refractivity contribution is 6.06. The highest BCUT2D eigenvalue weighted by Gasteiger charge is 2.29. The lowest BCUT2D eigenvalue weighted by Crippen LogP contribution is -2.22. The lowest BCUT2D eigenvalue weighted by atomic mass is 9.93. The van der Waals surface area contributed by atoms with Crippen LogP contribution in [0.4, 0.5) is 0 Å². The van der Waals surface area contributed by atoms with Gasteiger partial charge in [-0.1, -0.05) is 30.3 Å².